The summed E-state index contributed by atoms with van der Waals surface area (Å²) in [6.07, 6.45) is 3.79. The van der Waals surface area contributed by atoms with Gasteiger partial charge in [-0.2, -0.15) is 0 Å². The largest absolute Gasteiger partial charge is 0.491 e. The molecule has 0 aliphatic carbocycles. The van der Waals surface area contributed by atoms with Gasteiger partial charge in [0, 0.05) is 29.5 Å². The Morgan fingerprint density at radius 1 is 0.944 bits per heavy atom. The van der Waals surface area contributed by atoms with Gasteiger partial charge in [-0.05, 0) is 106 Å². The van der Waals surface area contributed by atoms with Crippen LogP contribution in [0.15, 0.2) is 73.1 Å². The van der Waals surface area contributed by atoms with Gasteiger partial charge in [0.1, 0.15) is 11.6 Å². The van der Waals surface area contributed by atoms with Gasteiger partial charge in [0.2, 0.25) is 0 Å². The fraction of sp³-hybridized carbons (Fsp3) is 0.276. The second kappa shape index (κ2) is 9.74. The first-order valence-corrected chi connectivity index (χ1v) is 12.6. The SMILES string of the molecule is Cc1cccnc1-n1c(C)cc([C@@H]2[C@@H](c3ccccn3)NC(=S)N2c2ccc(OC(C)C)cc2)c1C. The number of nitrogens with zero attached hydrogens (tertiary/aromatic N) is 4. The lowest BCUT2D eigenvalue weighted by Gasteiger charge is -2.28. The molecule has 3 aromatic heterocycles. The van der Waals surface area contributed by atoms with Gasteiger partial charge in [0.05, 0.1) is 23.9 Å². The number of hydrogen-bond donors (Lipinski definition) is 1. The standard InChI is InChI=1S/C29H31N5OS/c1-18(2)35-23-13-11-22(12-14-23)34-27(26(32-29(34)36)25-10-6-7-15-30-25)24-17-20(4)33(21(24)5)28-19(3)9-8-16-31-28/h6-18,26-27H,1-5H3,(H,32,36)/t26-,27-/m1/s1. The summed E-state index contributed by atoms with van der Waals surface area (Å²) in [5, 5.41) is 4.23. The van der Waals surface area contributed by atoms with E-state index in [0.717, 1.165) is 39.9 Å². The van der Waals surface area contributed by atoms with Crippen molar-refractivity contribution in [3.63, 3.8) is 0 Å². The first-order chi connectivity index (χ1) is 17.3. The lowest BCUT2D eigenvalue weighted by molar-refractivity contribution is 0.242. The molecule has 6 nitrogen and oxygen atoms in total. The van der Waals surface area contributed by atoms with E-state index in [1.54, 1.807) is 0 Å². The van der Waals surface area contributed by atoms with E-state index in [-0.39, 0.29) is 18.2 Å². The van der Waals surface area contributed by atoms with Gasteiger partial charge in [-0.25, -0.2) is 4.98 Å². The first-order valence-electron chi connectivity index (χ1n) is 12.2. The average Bonchev–Trinajstić information content (AvgIpc) is 3.35. The van der Waals surface area contributed by atoms with Crippen molar-refractivity contribution in [3.05, 3.63) is 101 Å². The zero-order chi connectivity index (χ0) is 25.4. The van der Waals surface area contributed by atoms with Gasteiger partial charge in [0.25, 0.3) is 0 Å². The molecule has 1 aliphatic rings. The van der Waals surface area contributed by atoms with Crippen LogP contribution in [-0.2, 0) is 0 Å². The number of ether oxygens (including phenoxy) is 1. The molecule has 1 saturated heterocycles. The summed E-state index contributed by atoms with van der Waals surface area (Å²) < 4.78 is 8.11. The molecule has 0 radical (unpaired) electrons. The van der Waals surface area contributed by atoms with Crippen LogP contribution in [0.1, 0.15) is 54.1 Å². The minimum absolute atomic E-state index is 0.0896. The molecule has 7 heteroatoms. The van der Waals surface area contributed by atoms with E-state index in [2.05, 4.69) is 70.9 Å². The van der Waals surface area contributed by atoms with E-state index in [1.165, 1.54) is 5.56 Å². The summed E-state index contributed by atoms with van der Waals surface area (Å²) in [4.78, 5) is 11.6. The van der Waals surface area contributed by atoms with Gasteiger partial charge in [-0.1, -0.05) is 12.1 Å². The average molecular weight is 498 g/mol. The number of anilines is 1. The van der Waals surface area contributed by atoms with E-state index in [1.807, 2.05) is 56.6 Å². The van der Waals surface area contributed by atoms with Crippen molar-refractivity contribution >= 4 is 23.0 Å². The normalized spacial score (nSPS) is 17.5. The monoisotopic (exact) mass is 497 g/mol. The number of pyridine rings is 2. The summed E-state index contributed by atoms with van der Waals surface area (Å²) >= 11 is 5.91. The number of aryl methyl sites for hydroxylation is 2. The summed E-state index contributed by atoms with van der Waals surface area (Å²) in [6, 6.07) is 20.3. The smallest absolute Gasteiger partial charge is 0.174 e. The molecule has 36 heavy (non-hydrogen) atoms. The molecule has 5 rings (SSSR count). The fourth-order valence-corrected chi connectivity index (χ4v) is 5.38. The van der Waals surface area contributed by atoms with E-state index >= 15 is 0 Å². The first kappa shape index (κ1) is 24.0. The maximum absolute atomic E-state index is 5.91. The number of nitrogens with one attached hydrogen (secondary N) is 1. The number of hydrogen-bond acceptors (Lipinski definition) is 4. The van der Waals surface area contributed by atoms with Gasteiger partial charge in [0.15, 0.2) is 5.11 Å². The molecule has 1 aliphatic heterocycles. The lowest BCUT2D eigenvalue weighted by atomic mass is 9.96. The molecule has 1 aromatic carbocycles. The second-order valence-electron chi connectivity index (χ2n) is 9.46. The zero-order valence-corrected chi connectivity index (χ0v) is 22.1. The van der Waals surface area contributed by atoms with Gasteiger partial charge in [-0.3, -0.25) is 4.98 Å². The molecular formula is C29H31N5OS. The molecule has 4 aromatic rings. The third-order valence-electron chi connectivity index (χ3n) is 6.57. The Morgan fingerprint density at radius 3 is 2.36 bits per heavy atom. The van der Waals surface area contributed by atoms with E-state index < -0.39 is 0 Å². The van der Waals surface area contributed by atoms with Crippen molar-refractivity contribution in [1.82, 2.24) is 19.9 Å². The Bertz CT molecular complexity index is 1380. The predicted molar refractivity (Wildman–Crippen MR) is 148 cm³/mol. The third kappa shape index (κ3) is 4.35. The lowest BCUT2D eigenvalue weighted by Crippen LogP contribution is -2.29. The van der Waals surface area contributed by atoms with Crippen molar-refractivity contribution in [3.8, 4) is 11.6 Å². The minimum atomic E-state index is -0.107. The van der Waals surface area contributed by atoms with Crippen LogP contribution in [0.3, 0.4) is 0 Å². The molecule has 0 spiro atoms. The molecule has 2 atom stereocenters. The molecule has 0 amide bonds. The maximum Gasteiger partial charge on any atom is 0.174 e. The van der Waals surface area contributed by atoms with Crippen LogP contribution in [0.25, 0.3) is 5.82 Å². The van der Waals surface area contributed by atoms with Crippen LogP contribution in [0.4, 0.5) is 5.69 Å². The van der Waals surface area contributed by atoms with Crippen LogP contribution in [0.5, 0.6) is 5.75 Å². The van der Waals surface area contributed by atoms with E-state index in [4.69, 9.17) is 21.9 Å². The molecule has 0 saturated carbocycles. The highest BCUT2D eigenvalue weighted by molar-refractivity contribution is 7.80. The van der Waals surface area contributed by atoms with Gasteiger partial charge in [-0.15, -0.1) is 0 Å². The number of rotatable bonds is 6. The fourth-order valence-electron chi connectivity index (χ4n) is 5.03. The maximum atomic E-state index is 5.91. The summed E-state index contributed by atoms with van der Waals surface area (Å²) in [7, 11) is 0. The molecule has 0 unspecified atom stereocenters. The summed E-state index contributed by atoms with van der Waals surface area (Å²) in [5.74, 6) is 1.79. The van der Waals surface area contributed by atoms with Crippen LogP contribution < -0.4 is 15.0 Å². The van der Waals surface area contributed by atoms with Gasteiger partial charge >= 0.3 is 0 Å². The quantitative estimate of drug-likeness (QED) is 0.322. The van der Waals surface area contributed by atoms with Crippen LogP contribution in [0.2, 0.25) is 0 Å². The highest BCUT2D eigenvalue weighted by Crippen LogP contribution is 2.44. The van der Waals surface area contributed by atoms with Crippen LogP contribution in [-0.4, -0.2) is 25.8 Å². The van der Waals surface area contributed by atoms with E-state index in [0.29, 0.717) is 5.11 Å². The predicted octanol–water partition coefficient (Wildman–Crippen LogP) is 6.16. The topological polar surface area (TPSA) is 55.2 Å². The highest BCUT2D eigenvalue weighted by Gasteiger charge is 2.42. The Balaban J connectivity index is 1.64. The number of aromatic nitrogens is 3. The van der Waals surface area contributed by atoms with Crippen molar-refractivity contribution < 1.29 is 4.74 Å². The van der Waals surface area contributed by atoms with Gasteiger partial charge < -0.3 is 19.5 Å². The Labute approximate surface area is 218 Å². The molecule has 1 N–H and O–H groups in total. The molecule has 1 fully saturated rings. The Kier molecular flexibility index (Phi) is 6.49. The van der Waals surface area contributed by atoms with Crippen molar-refractivity contribution in [2.45, 2.75) is 52.8 Å². The van der Waals surface area contributed by atoms with E-state index in [9.17, 15) is 0 Å². The molecule has 184 valence electrons. The molecule has 4 heterocycles. The summed E-state index contributed by atoms with van der Waals surface area (Å²) in [5.41, 5.74) is 6.53. The van der Waals surface area contributed by atoms with Crippen LogP contribution in [0, 0.1) is 20.8 Å². The Hall–Kier alpha value is -3.71. The zero-order valence-electron chi connectivity index (χ0n) is 21.3. The number of thiocarbonyl (C=S) groups is 1. The summed E-state index contributed by atoms with van der Waals surface area (Å²) in [6.45, 7) is 10.4. The third-order valence-corrected chi connectivity index (χ3v) is 6.88. The van der Waals surface area contributed by atoms with Crippen molar-refractivity contribution in [2.75, 3.05) is 4.90 Å². The Morgan fingerprint density at radius 2 is 1.69 bits per heavy atom. The molecular weight excluding hydrogens is 466 g/mol. The van der Waals surface area contributed by atoms with Crippen molar-refractivity contribution in [1.29, 1.82) is 0 Å². The second-order valence-corrected chi connectivity index (χ2v) is 9.85. The molecule has 0 bridgehead atoms. The highest BCUT2D eigenvalue weighted by atomic mass is 32.1. The van der Waals surface area contributed by atoms with Crippen molar-refractivity contribution in [2.24, 2.45) is 0 Å². The minimum Gasteiger partial charge on any atom is -0.491 e. The number of benzene rings is 1. The van der Waals surface area contributed by atoms with Crippen LogP contribution >= 0.6 is 12.2 Å².